The molecule has 190 valence electrons. The Kier molecular flexibility index (Phi) is 8.41. The Hall–Kier alpha value is -3.79. The second-order valence-electron chi connectivity index (χ2n) is 8.57. The molecule has 0 aliphatic carbocycles. The van der Waals surface area contributed by atoms with E-state index in [1.165, 1.54) is 22.8 Å². The molecule has 7 nitrogen and oxygen atoms in total. The Morgan fingerprint density at radius 3 is 2.28 bits per heavy atom. The zero-order valence-corrected chi connectivity index (χ0v) is 19.7. The molecule has 3 aromatic rings. The summed E-state index contributed by atoms with van der Waals surface area (Å²) in [6, 6.07) is 16.1. The van der Waals surface area contributed by atoms with E-state index < -0.39 is 30.8 Å². The molecule has 0 fully saturated rings. The number of carbonyl (C=O) groups is 1. The number of halogens is 3. The van der Waals surface area contributed by atoms with Crippen LogP contribution >= 0.6 is 0 Å². The number of alkyl halides is 3. The fourth-order valence-corrected chi connectivity index (χ4v) is 3.97. The third-order valence-electron chi connectivity index (χ3n) is 6.05. The van der Waals surface area contributed by atoms with Crippen molar-refractivity contribution in [1.82, 2.24) is 9.88 Å². The number of pyridine rings is 1. The molecule has 10 heteroatoms. The number of benzene rings is 2. The predicted octanol–water partition coefficient (Wildman–Crippen LogP) is 4.38. The van der Waals surface area contributed by atoms with Crippen LogP contribution in [-0.4, -0.2) is 34.4 Å². The molecule has 3 unspecified atom stereocenters. The van der Waals surface area contributed by atoms with Crippen LogP contribution in [0, 0.1) is 11.8 Å². The Morgan fingerprint density at radius 1 is 1.06 bits per heavy atom. The van der Waals surface area contributed by atoms with Crippen molar-refractivity contribution in [3.05, 3.63) is 110 Å². The SMILES string of the molecule is Cc1ccccc1C(CC(N=O)c1ccc(=O)n(C)c1)c1ccc(C(=O)NCC(O)C(F)(F)F)cc1. The van der Waals surface area contributed by atoms with Gasteiger partial charge in [0, 0.05) is 30.8 Å². The normalized spacial score (nSPS) is 14.1. The first-order chi connectivity index (χ1) is 17.0. The number of hydrogen-bond donors (Lipinski definition) is 2. The van der Waals surface area contributed by atoms with Crippen molar-refractivity contribution >= 4 is 5.91 Å². The Morgan fingerprint density at radius 2 is 1.69 bits per heavy atom. The maximum Gasteiger partial charge on any atom is 0.416 e. The fourth-order valence-electron chi connectivity index (χ4n) is 3.97. The van der Waals surface area contributed by atoms with Gasteiger partial charge >= 0.3 is 6.18 Å². The van der Waals surface area contributed by atoms with Gasteiger partial charge < -0.3 is 15.0 Å². The first-order valence-electron chi connectivity index (χ1n) is 11.2. The average molecular weight is 502 g/mol. The highest BCUT2D eigenvalue weighted by atomic mass is 19.4. The molecular weight excluding hydrogens is 475 g/mol. The molecule has 36 heavy (non-hydrogen) atoms. The minimum atomic E-state index is -4.83. The van der Waals surface area contributed by atoms with Crippen molar-refractivity contribution in [2.24, 2.45) is 12.2 Å². The van der Waals surface area contributed by atoms with Crippen molar-refractivity contribution in [3.8, 4) is 0 Å². The zero-order valence-electron chi connectivity index (χ0n) is 19.7. The Balaban J connectivity index is 1.88. The molecule has 2 aromatic carbocycles. The summed E-state index contributed by atoms with van der Waals surface area (Å²) < 4.78 is 38.8. The molecule has 1 amide bonds. The van der Waals surface area contributed by atoms with Gasteiger partial charge in [-0.05, 0) is 53.8 Å². The number of amides is 1. The van der Waals surface area contributed by atoms with Gasteiger partial charge in [0.1, 0.15) is 6.04 Å². The van der Waals surface area contributed by atoms with Crippen LogP contribution in [0.5, 0.6) is 0 Å². The lowest BCUT2D eigenvalue weighted by molar-refractivity contribution is -0.201. The number of aliphatic hydroxyl groups excluding tert-OH is 1. The molecule has 1 heterocycles. The number of hydrogen-bond acceptors (Lipinski definition) is 5. The third kappa shape index (κ3) is 6.45. The van der Waals surface area contributed by atoms with Crippen molar-refractivity contribution in [2.75, 3.05) is 6.54 Å². The molecular formula is C26H26F3N3O4. The molecule has 0 saturated carbocycles. The van der Waals surface area contributed by atoms with E-state index in [1.54, 1.807) is 31.4 Å². The maximum absolute atomic E-state index is 12.5. The molecule has 3 atom stereocenters. The van der Waals surface area contributed by atoms with Gasteiger partial charge in [-0.1, -0.05) is 41.6 Å². The number of rotatable bonds is 9. The molecule has 2 N–H and O–H groups in total. The monoisotopic (exact) mass is 501 g/mol. The van der Waals surface area contributed by atoms with Crippen molar-refractivity contribution in [3.63, 3.8) is 0 Å². The minimum Gasteiger partial charge on any atom is -0.382 e. The number of carbonyl (C=O) groups excluding carboxylic acids is 1. The highest BCUT2D eigenvalue weighted by Gasteiger charge is 2.38. The molecule has 0 spiro atoms. The first kappa shape index (κ1) is 26.8. The first-order valence-corrected chi connectivity index (χ1v) is 11.2. The smallest absolute Gasteiger partial charge is 0.382 e. The summed E-state index contributed by atoms with van der Waals surface area (Å²) in [5, 5.41) is 14.5. The second kappa shape index (κ2) is 11.3. The van der Waals surface area contributed by atoms with Crippen LogP contribution in [0.2, 0.25) is 0 Å². The highest BCUT2D eigenvalue weighted by molar-refractivity contribution is 5.94. The van der Waals surface area contributed by atoms with E-state index in [4.69, 9.17) is 5.11 Å². The van der Waals surface area contributed by atoms with Crippen molar-refractivity contribution in [1.29, 1.82) is 0 Å². The lowest BCUT2D eigenvalue weighted by atomic mass is 9.82. The molecule has 0 aliphatic heterocycles. The number of nitroso groups, excluding NO2 is 1. The van der Waals surface area contributed by atoms with Crippen LogP contribution in [0.3, 0.4) is 0 Å². The fraction of sp³-hybridized carbons (Fsp3) is 0.308. The number of aliphatic hydroxyl groups is 1. The van der Waals surface area contributed by atoms with Gasteiger partial charge in [-0.2, -0.15) is 18.1 Å². The lowest BCUT2D eigenvalue weighted by Gasteiger charge is -2.23. The van der Waals surface area contributed by atoms with E-state index in [-0.39, 0.29) is 23.5 Å². The zero-order chi connectivity index (χ0) is 26.5. The summed E-state index contributed by atoms with van der Waals surface area (Å²) in [5.74, 6) is -1.05. The Labute approximate surface area is 205 Å². The summed E-state index contributed by atoms with van der Waals surface area (Å²) >= 11 is 0. The van der Waals surface area contributed by atoms with Gasteiger partial charge in [0.2, 0.25) is 5.56 Å². The Bertz CT molecular complexity index is 1270. The van der Waals surface area contributed by atoms with E-state index in [0.717, 1.165) is 16.7 Å². The summed E-state index contributed by atoms with van der Waals surface area (Å²) in [6.45, 7) is 0.980. The average Bonchev–Trinajstić information content (AvgIpc) is 2.85. The van der Waals surface area contributed by atoms with Crippen molar-refractivity contribution < 1.29 is 23.1 Å². The van der Waals surface area contributed by atoms with Crippen LogP contribution in [-0.2, 0) is 7.05 Å². The van der Waals surface area contributed by atoms with Gasteiger partial charge in [-0.25, -0.2) is 0 Å². The second-order valence-corrected chi connectivity index (χ2v) is 8.57. The lowest BCUT2D eigenvalue weighted by Crippen LogP contribution is -2.40. The molecule has 0 bridgehead atoms. The minimum absolute atomic E-state index is 0.125. The number of aromatic nitrogens is 1. The molecule has 1 aromatic heterocycles. The van der Waals surface area contributed by atoms with Gasteiger partial charge in [0.15, 0.2) is 6.10 Å². The van der Waals surface area contributed by atoms with E-state index >= 15 is 0 Å². The predicted molar refractivity (Wildman–Crippen MR) is 129 cm³/mol. The number of nitrogens with one attached hydrogen (secondary N) is 1. The summed E-state index contributed by atoms with van der Waals surface area (Å²) in [7, 11) is 1.59. The van der Waals surface area contributed by atoms with Crippen LogP contribution in [0.1, 0.15) is 51.0 Å². The number of aryl methyl sites for hydroxylation is 2. The highest BCUT2D eigenvalue weighted by Crippen LogP contribution is 2.37. The standard InChI is InChI=1S/C26H26F3N3O4/c1-16-5-3-4-6-20(16)21(13-22(31-36)19-11-12-24(34)32(2)15-19)17-7-9-18(10-8-17)25(35)30-14-23(33)26(27,28)29/h3-12,15,21-23,33H,13-14H2,1-2H3,(H,30,35). The van der Waals surface area contributed by atoms with Crippen LogP contribution < -0.4 is 10.9 Å². The van der Waals surface area contributed by atoms with Gasteiger partial charge in [0.25, 0.3) is 5.91 Å². The van der Waals surface area contributed by atoms with E-state index in [9.17, 15) is 27.7 Å². The van der Waals surface area contributed by atoms with Gasteiger partial charge in [-0.15, -0.1) is 0 Å². The quantitative estimate of drug-likeness (QED) is 0.425. The van der Waals surface area contributed by atoms with E-state index in [1.807, 2.05) is 31.2 Å². The maximum atomic E-state index is 12.5. The van der Waals surface area contributed by atoms with Gasteiger partial charge in [0.05, 0.1) is 6.54 Å². The van der Waals surface area contributed by atoms with Crippen molar-refractivity contribution in [2.45, 2.75) is 37.6 Å². The molecule has 0 aliphatic rings. The number of nitrogens with zero attached hydrogens (tertiary/aromatic N) is 2. The summed E-state index contributed by atoms with van der Waals surface area (Å²) in [4.78, 5) is 35.9. The largest absolute Gasteiger partial charge is 0.416 e. The van der Waals surface area contributed by atoms with E-state index in [2.05, 4.69) is 10.5 Å². The summed E-state index contributed by atoms with van der Waals surface area (Å²) in [5.41, 5.74) is 3.20. The van der Waals surface area contributed by atoms with Crippen LogP contribution in [0.15, 0.2) is 76.8 Å². The molecule has 3 rings (SSSR count). The van der Waals surface area contributed by atoms with Gasteiger partial charge in [-0.3, -0.25) is 9.59 Å². The van der Waals surface area contributed by atoms with Crippen LogP contribution in [0.4, 0.5) is 13.2 Å². The van der Waals surface area contributed by atoms with E-state index in [0.29, 0.717) is 5.56 Å². The summed E-state index contributed by atoms with van der Waals surface area (Å²) in [6.07, 6.45) is -5.62. The third-order valence-corrected chi connectivity index (χ3v) is 6.05. The topological polar surface area (TPSA) is 101 Å². The van der Waals surface area contributed by atoms with Crippen LogP contribution in [0.25, 0.3) is 0 Å². The molecule has 0 radical (unpaired) electrons. The molecule has 0 saturated heterocycles.